The van der Waals surface area contributed by atoms with Gasteiger partial charge in [-0.05, 0) is 31.2 Å². The fourth-order valence-corrected chi connectivity index (χ4v) is 3.14. The topological polar surface area (TPSA) is 56.4 Å². The van der Waals surface area contributed by atoms with Crippen molar-refractivity contribution < 1.29 is 14.0 Å². The summed E-state index contributed by atoms with van der Waals surface area (Å²) in [5, 5.41) is 0.786. The molecule has 2 aromatic rings. The molecule has 0 unspecified atom stereocenters. The molecule has 0 bridgehead atoms. The average Bonchev–Trinajstić information content (AvgIpc) is 3.08. The lowest BCUT2D eigenvalue weighted by atomic mass is 10.1. The quantitative estimate of drug-likeness (QED) is 0.939. The Hall–Kier alpha value is -2.37. The lowest BCUT2D eigenvalue weighted by Gasteiger charge is -2.20. The number of amides is 2. The molecule has 1 saturated heterocycles. The van der Waals surface area contributed by atoms with Crippen molar-refractivity contribution in [2.75, 3.05) is 20.1 Å². The summed E-state index contributed by atoms with van der Waals surface area (Å²) in [5.74, 6) is -0.537. The normalized spacial score (nSPS) is 18.0. The van der Waals surface area contributed by atoms with Crippen LogP contribution in [0.4, 0.5) is 4.39 Å². The lowest BCUT2D eigenvalue weighted by molar-refractivity contribution is -0.135. The van der Waals surface area contributed by atoms with Crippen LogP contribution in [0, 0.1) is 11.7 Å². The molecular weight excluding hydrogens is 297 g/mol. The Bertz CT molecular complexity index is 755. The van der Waals surface area contributed by atoms with Crippen molar-refractivity contribution in [3.05, 3.63) is 35.8 Å². The number of aromatic nitrogens is 1. The Morgan fingerprint density at radius 2 is 2.22 bits per heavy atom. The molecule has 2 amide bonds. The maximum absolute atomic E-state index is 13.2. The van der Waals surface area contributed by atoms with Crippen molar-refractivity contribution in [3.8, 4) is 0 Å². The van der Waals surface area contributed by atoms with Gasteiger partial charge in [0.1, 0.15) is 5.82 Å². The van der Waals surface area contributed by atoms with E-state index in [0.29, 0.717) is 19.6 Å². The lowest BCUT2D eigenvalue weighted by Crippen LogP contribution is -2.34. The van der Waals surface area contributed by atoms with Crippen LogP contribution < -0.4 is 0 Å². The van der Waals surface area contributed by atoms with Gasteiger partial charge < -0.3 is 14.8 Å². The van der Waals surface area contributed by atoms with Gasteiger partial charge in [0.25, 0.3) is 0 Å². The van der Waals surface area contributed by atoms with Gasteiger partial charge in [-0.2, -0.15) is 0 Å². The largest absolute Gasteiger partial charge is 0.357 e. The van der Waals surface area contributed by atoms with E-state index in [1.54, 1.807) is 22.9 Å². The third-order valence-electron chi connectivity index (χ3n) is 4.37. The number of aromatic amines is 1. The van der Waals surface area contributed by atoms with Crippen LogP contribution in [-0.2, 0) is 16.1 Å². The molecular formula is C17H20FN3O2. The van der Waals surface area contributed by atoms with Gasteiger partial charge in [-0.25, -0.2) is 4.39 Å². The van der Waals surface area contributed by atoms with Crippen LogP contribution in [0.1, 0.15) is 19.0 Å². The van der Waals surface area contributed by atoms with Crippen LogP contribution >= 0.6 is 0 Å². The number of hydrogen-bond donors (Lipinski definition) is 1. The van der Waals surface area contributed by atoms with Crippen molar-refractivity contribution in [3.63, 3.8) is 0 Å². The highest BCUT2D eigenvalue weighted by molar-refractivity contribution is 5.89. The van der Waals surface area contributed by atoms with Crippen LogP contribution in [0.2, 0.25) is 0 Å². The van der Waals surface area contributed by atoms with Gasteiger partial charge in [0.15, 0.2) is 0 Å². The van der Waals surface area contributed by atoms with E-state index in [4.69, 9.17) is 0 Å². The Kier molecular flexibility index (Phi) is 4.07. The number of H-pyrrole nitrogens is 1. The van der Waals surface area contributed by atoms with Crippen molar-refractivity contribution in [1.29, 1.82) is 0 Å². The summed E-state index contributed by atoms with van der Waals surface area (Å²) in [5.41, 5.74) is 1.69. The maximum atomic E-state index is 13.2. The highest BCUT2D eigenvalue weighted by Crippen LogP contribution is 2.21. The molecule has 1 fully saturated rings. The van der Waals surface area contributed by atoms with Gasteiger partial charge in [-0.1, -0.05) is 0 Å². The average molecular weight is 317 g/mol. The zero-order valence-electron chi connectivity index (χ0n) is 13.3. The summed E-state index contributed by atoms with van der Waals surface area (Å²) in [6.07, 6.45) is 0.287. The predicted molar refractivity (Wildman–Crippen MR) is 85.1 cm³/mol. The van der Waals surface area contributed by atoms with Crippen LogP contribution in [-0.4, -0.2) is 46.7 Å². The van der Waals surface area contributed by atoms with Gasteiger partial charge in [0.05, 0.1) is 12.5 Å². The molecule has 0 spiro atoms. The van der Waals surface area contributed by atoms with E-state index in [0.717, 1.165) is 16.6 Å². The fourth-order valence-electron chi connectivity index (χ4n) is 3.14. The summed E-state index contributed by atoms with van der Waals surface area (Å²) >= 11 is 0. The Morgan fingerprint density at radius 1 is 1.43 bits per heavy atom. The second-order valence-electron chi connectivity index (χ2n) is 6.05. The third-order valence-corrected chi connectivity index (χ3v) is 4.37. The van der Waals surface area contributed by atoms with E-state index in [9.17, 15) is 14.0 Å². The Balaban J connectivity index is 1.69. The molecule has 122 valence electrons. The van der Waals surface area contributed by atoms with E-state index < -0.39 is 0 Å². The number of carbonyl (C=O) groups excluding carboxylic acids is 2. The summed E-state index contributed by atoms with van der Waals surface area (Å²) in [4.78, 5) is 30.8. The van der Waals surface area contributed by atoms with Crippen LogP contribution in [0.15, 0.2) is 24.3 Å². The van der Waals surface area contributed by atoms with E-state index in [-0.39, 0.29) is 30.0 Å². The second-order valence-corrected chi connectivity index (χ2v) is 6.05. The van der Waals surface area contributed by atoms with E-state index in [1.165, 1.54) is 12.1 Å². The van der Waals surface area contributed by atoms with Crippen LogP contribution in [0.25, 0.3) is 10.9 Å². The molecule has 1 atom stereocenters. The monoisotopic (exact) mass is 317 g/mol. The number of hydrogen-bond acceptors (Lipinski definition) is 2. The molecule has 1 aliphatic rings. The summed E-state index contributed by atoms with van der Waals surface area (Å²) in [6, 6.07) is 6.40. The van der Waals surface area contributed by atoms with E-state index in [1.807, 2.05) is 13.0 Å². The molecule has 6 heteroatoms. The first-order chi connectivity index (χ1) is 11.0. The van der Waals surface area contributed by atoms with Crippen molar-refractivity contribution in [1.82, 2.24) is 14.8 Å². The Morgan fingerprint density at radius 3 is 2.91 bits per heavy atom. The van der Waals surface area contributed by atoms with Gasteiger partial charge in [0.2, 0.25) is 11.8 Å². The molecule has 3 rings (SSSR count). The molecule has 1 aliphatic heterocycles. The number of likely N-dealkylation sites (tertiary alicyclic amines) is 1. The summed E-state index contributed by atoms with van der Waals surface area (Å²) in [6.45, 7) is 3.46. The summed E-state index contributed by atoms with van der Waals surface area (Å²) < 4.78 is 13.2. The van der Waals surface area contributed by atoms with Gasteiger partial charge in [0, 0.05) is 43.2 Å². The predicted octanol–water partition coefficient (Wildman–Crippen LogP) is 2.13. The molecule has 1 aromatic carbocycles. The standard InChI is InChI=1S/C17H20FN3O2/c1-3-21-9-12(8-16(21)22)17(23)20(2)10-14-7-11-6-13(18)4-5-15(11)19-14/h4-7,12,19H,3,8-10H2,1-2H3/t12-/m0/s1. The number of halogens is 1. The second kappa shape index (κ2) is 6.02. The highest BCUT2D eigenvalue weighted by atomic mass is 19.1. The zero-order valence-corrected chi connectivity index (χ0v) is 13.3. The molecule has 23 heavy (non-hydrogen) atoms. The van der Waals surface area contributed by atoms with Crippen molar-refractivity contribution in [2.45, 2.75) is 19.9 Å². The fraction of sp³-hybridized carbons (Fsp3) is 0.412. The molecule has 2 heterocycles. The van der Waals surface area contributed by atoms with Gasteiger partial charge in [-0.3, -0.25) is 9.59 Å². The third kappa shape index (κ3) is 3.06. The van der Waals surface area contributed by atoms with Crippen LogP contribution in [0.5, 0.6) is 0 Å². The molecule has 5 nitrogen and oxygen atoms in total. The molecule has 0 saturated carbocycles. The van der Waals surface area contributed by atoms with E-state index >= 15 is 0 Å². The number of rotatable bonds is 4. The summed E-state index contributed by atoms with van der Waals surface area (Å²) in [7, 11) is 1.73. The number of nitrogens with zero attached hydrogens (tertiary/aromatic N) is 2. The van der Waals surface area contributed by atoms with Crippen molar-refractivity contribution in [2.24, 2.45) is 5.92 Å². The molecule has 1 N–H and O–H groups in total. The number of fused-ring (bicyclic) bond motifs is 1. The zero-order chi connectivity index (χ0) is 16.6. The van der Waals surface area contributed by atoms with E-state index in [2.05, 4.69) is 4.98 Å². The minimum absolute atomic E-state index is 0.0286. The minimum atomic E-state index is -0.281. The van der Waals surface area contributed by atoms with Gasteiger partial charge in [-0.15, -0.1) is 0 Å². The first kappa shape index (κ1) is 15.5. The molecule has 0 radical (unpaired) electrons. The smallest absolute Gasteiger partial charge is 0.228 e. The first-order valence-electron chi connectivity index (χ1n) is 7.78. The number of carbonyl (C=O) groups is 2. The van der Waals surface area contributed by atoms with Gasteiger partial charge >= 0.3 is 0 Å². The first-order valence-corrected chi connectivity index (χ1v) is 7.78. The van der Waals surface area contributed by atoms with Crippen molar-refractivity contribution >= 4 is 22.7 Å². The number of benzene rings is 1. The van der Waals surface area contributed by atoms with Crippen LogP contribution in [0.3, 0.4) is 0 Å². The molecule has 0 aliphatic carbocycles. The molecule has 1 aromatic heterocycles. The minimum Gasteiger partial charge on any atom is -0.357 e. The Labute approximate surface area is 134 Å². The number of nitrogens with one attached hydrogen (secondary N) is 1. The SMILES string of the molecule is CCN1C[C@@H](C(=O)N(C)Cc2cc3cc(F)ccc3[nH]2)CC1=O. The highest BCUT2D eigenvalue weighted by Gasteiger charge is 2.34. The maximum Gasteiger partial charge on any atom is 0.228 e.